The Morgan fingerprint density at radius 2 is 2.38 bits per heavy atom. The molecule has 0 aliphatic rings. The van der Waals surface area contributed by atoms with Crippen molar-refractivity contribution in [3.05, 3.63) is 30.2 Å². The van der Waals surface area contributed by atoms with Crippen molar-refractivity contribution < 1.29 is 4.79 Å². The Kier molecular flexibility index (Phi) is 2.90. The number of nitrogens with zero attached hydrogens (tertiary/aromatic N) is 2. The number of aryl methyl sites for hydroxylation is 1. The zero-order valence-corrected chi connectivity index (χ0v) is 9.53. The molecule has 0 radical (unpaired) electrons. The van der Waals surface area contributed by atoms with Crippen molar-refractivity contribution in [1.29, 1.82) is 0 Å². The largest absolute Gasteiger partial charge is 0.323 e. The number of nitrogens with one attached hydrogen (secondary N) is 1. The number of hydrogen-bond donors (Lipinski definition) is 1. The molecule has 0 aliphatic carbocycles. The second-order valence-electron chi connectivity index (χ2n) is 3.83. The average Bonchev–Trinajstić information content (AvgIpc) is 2.60. The van der Waals surface area contributed by atoms with Crippen LogP contribution in [-0.2, 0) is 4.79 Å². The van der Waals surface area contributed by atoms with E-state index in [2.05, 4.69) is 10.3 Å². The Morgan fingerprint density at radius 3 is 3.12 bits per heavy atom. The van der Waals surface area contributed by atoms with Gasteiger partial charge in [-0.15, -0.1) is 0 Å². The number of amides is 1. The molecule has 2 aromatic rings. The molecule has 2 rings (SSSR count). The first-order valence-corrected chi connectivity index (χ1v) is 5.45. The minimum absolute atomic E-state index is 0.0382. The highest BCUT2D eigenvalue weighted by Crippen LogP contribution is 2.16. The number of pyridine rings is 1. The van der Waals surface area contributed by atoms with Crippen LogP contribution in [0, 0.1) is 6.92 Å². The summed E-state index contributed by atoms with van der Waals surface area (Å²) in [5.41, 5.74) is 2.51. The number of carbonyl (C=O) groups excluding carboxylic acids is 1. The van der Waals surface area contributed by atoms with Crippen molar-refractivity contribution in [1.82, 2.24) is 9.38 Å². The molecule has 0 aliphatic heterocycles. The van der Waals surface area contributed by atoms with E-state index < -0.39 is 0 Å². The molecule has 1 N–H and O–H groups in total. The van der Waals surface area contributed by atoms with Crippen LogP contribution in [-0.4, -0.2) is 15.3 Å². The third-order valence-corrected chi connectivity index (χ3v) is 2.35. The molecule has 0 saturated carbocycles. The van der Waals surface area contributed by atoms with Crippen LogP contribution in [0.3, 0.4) is 0 Å². The molecule has 0 fully saturated rings. The van der Waals surface area contributed by atoms with Gasteiger partial charge in [-0.3, -0.25) is 4.79 Å². The van der Waals surface area contributed by atoms with Crippen molar-refractivity contribution in [2.45, 2.75) is 26.7 Å². The Labute approximate surface area is 94.3 Å². The van der Waals surface area contributed by atoms with Crippen LogP contribution in [0.1, 0.15) is 25.5 Å². The van der Waals surface area contributed by atoms with Gasteiger partial charge in [-0.05, 0) is 25.5 Å². The van der Waals surface area contributed by atoms with Crippen molar-refractivity contribution >= 4 is 17.2 Å². The van der Waals surface area contributed by atoms with Crippen LogP contribution in [0.15, 0.2) is 24.5 Å². The summed E-state index contributed by atoms with van der Waals surface area (Å²) in [5, 5.41) is 2.88. The second-order valence-corrected chi connectivity index (χ2v) is 3.83. The van der Waals surface area contributed by atoms with E-state index in [1.165, 1.54) is 0 Å². The summed E-state index contributed by atoms with van der Waals surface area (Å²) in [6, 6.07) is 3.77. The third-order valence-electron chi connectivity index (χ3n) is 2.35. The smallest absolute Gasteiger partial charge is 0.224 e. The summed E-state index contributed by atoms with van der Waals surface area (Å²) in [6.07, 6.45) is 5.25. The number of carbonyl (C=O) groups is 1. The average molecular weight is 217 g/mol. The molecule has 4 nitrogen and oxygen atoms in total. The van der Waals surface area contributed by atoms with Gasteiger partial charge in [0.1, 0.15) is 0 Å². The van der Waals surface area contributed by atoms with Crippen molar-refractivity contribution in [2.24, 2.45) is 0 Å². The Bertz CT molecular complexity index is 516. The van der Waals surface area contributed by atoms with Gasteiger partial charge in [-0.25, -0.2) is 4.98 Å². The van der Waals surface area contributed by atoms with Gasteiger partial charge in [0.15, 0.2) is 5.65 Å². The van der Waals surface area contributed by atoms with Crippen LogP contribution in [0.4, 0.5) is 5.69 Å². The molecular weight excluding hydrogens is 202 g/mol. The lowest BCUT2D eigenvalue weighted by Gasteiger charge is -2.05. The fraction of sp³-hybridized carbons (Fsp3) is 0.333. The fourth-order valence-corrected chi connectivity index (χ4v) is 1.67. The van der Waals surface area contributed by atoms with Crippen LogP contribution in [0.5, 0.6) is 0 Å². The van der Waals surface area contributed by atoms with Crippen LogP contribution < -0.4 is 5.32 Å². The van der Waals surface area contributed by atoms with E-state index in [9.17, 15) is 4.79 Å². The summed E-state index contributed by atoms with van der Waals surface area (Å²) in [6.45, 7) is 3.92. The Balaban J connectivity index is 2.33. The highest BCUT2D eigenvalue weighted by Gasteiger charge is 2.06. The van der Waals surface area contributed by atoms with Gasteiger partial charge in [0.25, 0.3) is 0 Å². The molecular formula is C12H15N3O. The Hall–Kier alpha value is -1.84. The van der Waals surface area contributed by atoms with Crippen LogP contribution in [0.25, 0.3) is 5.65 Å². The summed E-state index contributed by atoms with van der Waals surface area (Å²) in [7, 11) is 0. The maximum absolute atomic E-state index is 11.5. The van der Waals surface area contributed by atoms with Gasteiger partial charge >= 0.3 is 0 Å². The zero-order valence-electron chi connectivity index (χ0n) is 9.53. The summed E-state index contributed by atoms with van der Waals surface area (Å²) >= 11 is 0. The molecule has 0 saturated heterocycles. The van der Waals surface area contributed by atoms with Crippen molar-refractivity contribution in [3.8, 4) is 0 Å². The zero-order chi connectivity index (χ0) is 11.5. The highest BCUT2D eigenvalue weighted by molar-refractivity contribution is 5.94. The minimum Gasteiger partial charge on any atom is -0.323 e. The highest BCUT2D eigenvalue weighted by atomic mass is 16.1. The predicted octanol–water partition coefficient (Wildman–Crippen LogP) is 2.38. The molecule has 0 spiro atoms. The summed E-state index contributed by atoms with van der Waals surface area (Å²) in [5.74, 6) is 0.0382. The van der Waals surface area contributed by atoms with E-state index in [0.29, 0.717) is 6.42 Å². The van der Waals surface area contributed by atoms with E-state index in [0.717, 1.165) is 23.4 Å². The SMILES string of the molecule is CCCC(=O)Nc1cccn2cc(C)nc12. The van der Waals surface area contributed by atoms with E-state index >= 15 is 0 Å². The molecule has 0 atom stereocenters. The molecule has 2 heterocycles. The number of rotatable bonds is 3. The van der Waals surface area contributed by atoms with E-state index in [1.54, 1.807) is 0 Å². The first-order valence-electron chi connectivity index (χ1n) is 5.45. The molecule has 2 aromatic heterocycles. The summed E-state index contributed by atoms with van der Waals surface area (Å²) < 4.78 is 1.91. The summed E-state index contributed by atoms with van der Waals surface area (Å²) in [4.78, 5) is 15.9. The van der Waals surface area contributed by atoms with Crippen molar-refractivity contribution in [2.75, 3.05) is 5.32 Å². The van der Waals surface area contributed by atoms with Gasteiger partial charge in [0.2, 0.25) is 5.91 Å². The topological polar surface area (TPSA) is 46.4 Å². The van der Waals surface area contributed by atoms with Gasteiger partial charge in [0, 0.05) is 18.8 Å². The fourth-order valence-electron chi connectivity index (χ4n) is 1.67. The lowest BCUT2D eigenvalue weighted by molar-refractivity contribution is -0.116. The lowest BCUT2D eigenvalue weighted by Crippen LogP contribution is -2.11. The Morgan fingerprint density at radius 1 is 1.56 bits per heavy atom. The molecule has 16 heavy (non-hydrogen) atoms. The van der Waals surface area contributed by atoms with Crippen molar-refractivity contribution in [3.63, 3.8) is 0 Å². The molecule has 0 unspecified atom stereocenters. The van der Waals surface area contributed by atoms with E-state index in [4.69, 9.17) is 0 Å². The molecule has 0 aromatic carbocycles. The maximum Gasteiger partial charge on any atom is 0.224 e. The molecule has 0 bridgehead atoms. The van der Waals surface area contributed by atoms with Gasteiger partial charge in [-0.2, -0.15) is 0 Å². The number of fused-ring (bicyclic) bond motifs is 1. The molecule has 84 valence electrons. The first-order chi connectivity index (χ1) is 7.70. The number of aromatic nitrogens is 2. The number of hydrogen-bond acceptors (Lipinski definition) is 2. The van der Waals surface area contributed by atoms with Gasteiger partial charge in [0.05, 0.1) is 11.4 Å². The monoisotopic (exact) mass is 217 g/mol. The third kappa shape index (κ3) is 2.05. The second kappa shape index (κ2) is 4.35. The van der Waals surface area contributed by atoms with Gasteiger partial charge < -0.3 is 9.72 Å². The molecule has 1 amide bonds. The standard InChI is InChI=1S/C12H15N3O/c1-3-5-11(16)14-10-6-4-7-15-8-9(2)13-12(10)15/h4,6-8H,3,5H2,1-2H3,(H,14,16). The lowest BCUT2D eigenvalue weighted by atomic mass is 10.3. The number of anilines is 1. The van der Waals surface area contributed by atoms with Crippen LogP contribution in [0.2, 0.25) is 0 Å². The number of imidazole rings is 1. The predicted molar refractivity (Wildman–Crippen MR) is 63.5 cm³/mol. The normalized spacial score (nSPS) is 10.6. The van der Waals surface area contributed by atoms with Gasteiger partial charge in [-0.1, -0.05) is 6.92 Å². The maximum atomic E-state index is 11.5. The van der Waals surface area contributed by atoms with E-state index in [1.807, 2.05) is 42.8 Å². The first kappa shape index (κ1) is 10.7. The molecule has 4 heteroatoms. The van der Waals surface area contributed by atoms with E-state index in [-0.39, 0.29) is 5.91 Å². The quantitative estimate of drug-likeness (QED) is 0.858. The van der Waals surface area contributed by atoms with Crippen LogP contribution >= 0.6 is 0 Å². The minimum atomic E-state index is 0.0382.